The van der Waals surface area contributed by atoms with Crippen molar-refractivity contribution in [1.82, 2.24) is 4.98 Å². The summed E-state index contributed by atoms with van der Waals surface area (Å²) in [5, 5.41) is 4.54. The zero-order valence-corrected chi connectivity index (χ0v) is 16.6. The van der Waals surface area contributed by atoms with Crippen LogP contribution in [0.15, 0.2) is 34.5 Å². The second-order valence-corrected chi connectivity index (χ2v) is 7.59. The van der Waals surface area contributed by atoms with Crippen molar-refractivity contribution in [3.05, 3.63) is 35.3 Å². The van der Waals surface area contributed by atoms with Crippen molar-refractivity contribution in [2.24, 2.45) is 5.92 Å². The van der Waals surface area contributed by atoms with Gasteiger partial charge in [-0.3, -0.25) is 9.59 Å². The lowest BCUT2D eigenvalue weighted by Gasteiger charge is -2.16. The number of benzene rings is 1. The summed E-state index contributed by atoms with van der Waals surface area (Å²) >= 11 is 2.78. The highest BCUT2D eigenvalue weighted by Gasteiger charge is 2.35. The average Bonchev–Trinajstić information content (AvgIpc) is 3.29. The molecular weight excluding hydrogens is 386 g/mol. The second kappa shape index (κ2) is 8.53. The molecule has 1 aromatic heterocycles. The molecule has 142 valence electrons. The number of thioether (sulfide) groups is 1. The van der Waals surface area contributed by atoms with Gasteiger partial charge < -0.3 is 15.0 Å². The standard InChI is InChI=1S/C18H19N3O4S2/c1-3-25-17(24)14-10-27-18(19-14)20-16(23)11-8-15(22)21(9-11)12-4-6-13(26-2)7-5-12/h4-7,10-11H,3,8-9H2,1-2H3,(H,19,20,23). The summed E-state index contributed by atoms with van der Waals surface area (Å²) < 4.78 is 4.88. The number of ether oxygens (including phenoxy) is 1. The molecule has 27 heavy (non-hydrogen) atoms. The number of carbonyl (C=O) groups is 3. The topological polar surface area (TPSA) is 88.6 Å². The Hall–Kier alpha value is -2.39. The number of rotatable bonds is 6. The summed E-state index contributed by atoms with van der Waals surface area (Å²) in [6.45, 7) is 2.29. The molecule has 1 aliphatic heterocycles. The highest BCUT2D eigenvalue weighted by atomic mass is 32.2. The summed E-state index contributed by atoms with van der Waals surface area (Å²) in [6, 6.07) is 7.67. The minimum Gasteiger partial charge on any atom is -0.461 e. The molecule has 1 aliphatic rings. The summed E-state index contributed by atoms with van der Waals surface area (Å²) in [5.41, 5.74) is 0.946. The molecule has 0 spiro atoms. The Balaban J connectivity index is 1.62. The normalized spacial score (nSPS) is 16.4. The maximum atomic E-state index is 12.5. The second-order valence-electron chi connectivity index (χ2n) is 5.85. The van der Waals surface area contributed by atoms with Gasteiger partial charge in [0.25, 0.3) is 0 Å². The smallest absolute Gasteiger partial charge is 0.357 e. The van der Waals surface area contributed by atoms with Gasteiger partial charge in [-0.25, -0.2) is 9.78 Å². The van der Waals surface area contributed by atoms with Crippen molar-refractivity contribution >= 4 is 51.7 Å². The first kappa shape index (κ1) is 19.4. The van der Waals surface area contributed by atoms with E-state index in [1.165, 1.54) is 5.38 Å². The number of aromatic nitrogens is 1. The Morgan fingerprint density at radius 2 is 2.11 bits per heavy atom. The Morgan fingerprint density at radius 3 is 2.78 bits per heavy atom. The number of carbonyl (C=O) groups excluding carboxylic acids is 3. The molecule has 0 radical (unpaired) electrons. The van der Waals surface area contributed by atoms with E-state index in [1.807, 2.05) is 30.5 Å². The van der Waals surface area contributed by atoms with Crippen LogP contribution in [0.2, 0.25) is 0 Å². The fourth-order valence-electron chi connectivity index (χ4n) is 2.73. The molecule has 7 nitrogen and oxygen atoms in total. The minimum absolute atomic E-state index is 0.0848. The van der Waals surface area contributed by atoms with Gasteiger partial charge in [0, 0.05) is 28.9 Å². The van der Waals surface area contributed by atoms with Gasteiger partial charge in [-0.1, -0.05) is 0 Å². The van der Waals surface area contributed by atoms with Crippen LogP contribution in [0, 0.1) is 5.92 Å². The first-order valence-electron chi connectivity index (χ1n) is 8.39. The fourth-order valence-corrected chi connectivity index (χ4v) is 3.82. The van der Waals surface area contributed by atoms with Crippen LogP contribution in [0.1, 0.15) is 23.8 Å². The van der Waals surface area contributed by atoms with Gasteiger partial charge in [-0.2, -0.15) is 0 Å². The predicted octanol–water partition coefficient (Wildman–Crippen LogP) is 3.03. The lowest BCUT2D eigenvalue weighted by molar-refractivity contribution is -0.122. The number of esters is 1. The summed E-state index contributed by atoms with van der Waals surface area (Å²) in [7, 11) is 0. The first-order valence-corrected chi connectivity index (χ1v) is 10.5. The van der Waals surface area contributed by atoms with Gasteiger partial charge in [0.1, 0.15) is 0 Å². The Bertz CT molecular complexity index is 851. The van der Waals surface area contributed by atoms with Crippen molar-refractivity contribution < 1.29 is 19.1 Å². The molecule has 1 unspecified atom stereocenters. The van der Waals surface area contributed by atoms with Gasteiger partial charge >= 0.3 is 5.97 Å². The third kappa shape index (κ3) is 4.48. The summed E-state index contributed by atoms with van der Waals surface area (Å²) in [5.74, 6) is -1.35. The number of nitrogens with zero attached hydrogens (tertiary/aromatic N) is 2. The molecule has 1 atom stereocenters. The van der Waals surface area contributed by atoms with Crippen molar-refractivity contribution in [2.75, 3.05) is 29.6 Å². The first-order chi connectivity index (χ1) is 13.0. The van der Waals surface area contributed by atoms with Crippen LogP contribution < -0.4 is 10.2 Å². The van der Waals surface area contributed by atoms with E-state index >= 15 is 0 Å². The SMILES string of the molecule is CCOC(=O)c1csc(NC(=O)C2CC(=O)N(c3ccc(SC)cc3)C2)n1. The molecule has 2 heterocycles. The molecular formula is C18H19N3O4S2. The number of hydrogen-bond acceptors (Lipinski definition) is 7. The van der Waals surface area contributed by atoms with Gasteiger partial charge in [-0.05, 0) is 37.4 Å². The van der Waals surface area contributed by atoms with Crippen LogP contribution in [0.25, 0.3) is 0 Å². The Kier molecular flexibility index (Phi) is 6.12. The van der Waals surface area contributed by atoms with E-state index in [-0.39, 0.29) is 30.5 Å². The molecule has 1 aromatic carbocycles. The van der Waals surface area contributed by atoms with E-state index in [4.69, 9.17) is 4.74 Å². The van der Waals surface area contributed by atoms with E-state index in [0.29, 0.717) is 11.7 Å². The molecule has 0 bridgehead atoms. The van der Waals surface area contributed by atoms with Gasteiger partial charge in [0.15, 0.2) is 10.8 Å². The number of nitrogens with one attached hydrogen (secondary N) is 1. The molecule has 1 N–H and O–H groups in total. The average molecular weight is 406 g/mol. The maximum Gasteiger partial charge on any atom is 0.357 e. The third-order valence-corrected chi connectivity index (χ3v) is 5.60. The van der Waals surface area contributed by atoms with E-state index in [0.717, 1.165) is 21.9 Å². The number of amides is 2. The predicted molar refractivity (Wildman–Crippen MR) is 105 cm³/mol. The monoisotopic (exact) mass is 405 g/mol. The Morgan fingerprint density at radius 1 is 1.37 bits per heavy atom. The van der Waals surface area contributed by atoms with Crippen LogP contribution in [0.4, 0.5) is 10.8 Å². The molecule has 3 rings (SSSR count). The number of hydrogen-bond donors (Lipinski definition) is 1. The van der Waals surface area contributed by atoms with Crippen molar-refractivity contribution in [3.8, 4) is 0 Å². The molecule has 2 amide bonds. The van der Waals surface area contributed by atoms with Crippen LogP contribution >= 0.6 is 23.1 Å². The largest absolute Gasteiger partial charge is 0.461 e. The molecule has 0 saturated carbocycles. The van der Waals surface area contributed by atoms with Crippen LogP contribution in [-0.4, -0.2) is 42.2 Å². The Labute approximate surface area is 165 Å². The zero-order chi connectivity index (χ0) is 19.4. The van der Waals surface area contributed by atoms with Gasteiger partial charge in [-0.15, -0.1) is 23.1 Å². The van der Waals surface area contributed by atoms with Crippen molar-refractivity contribution in [1.29, 1.82) is 0 Å². The van der Waals surface area contributed by atoms with Crippen molar-refractivity contribution in [3.63, 3.8) is 0 Å². The highest BCUT2D eigenvalue weighted by Crippen LogP contribution is 2.28. The lowest BCUT2D eigenvalue weighted by atomic mass is 10.1. The maximum absolute atomic E-state index is 12.5. The highest BCUT2D eigenvalue weighted by molar-refractivity contribution is 7.98. The van der Waals surface area contributed by atoms with E-state index in [1.54, 1.807) is 23.6 Å². The van der Waals surface area contributed by atoms with E-state index < -0.39 is 11.9 Å². The third-order valence-electron chi connectivity index (χ3n) is 4.10. The van der Waals surface area contributed by atoms with E-state index in [9.17, 15) is 14.4 Å². The zero-order valence-electron chi connectivity index (χ0n) is 14.9. The lowest BCUT2D eigenvalue weighted by Crippen LogP contribution is -2.28. The number of anilines is 2. The molecule has 9 heteroatoms. The summed E-state index contributed by atoms with van der Waals surface area (Å²) in [4.78, 5) is 43.3. The van der Waals surface area contributed by atoms with Gasteiger partial charge in [0.2, 0.25) is 11.8 Å². The molecule has 0 aliphatic carbocycles. The van der Waals surface area contributed by atoms with Crippen LogP contribution in [-0.2, 0) is 14.3 Å². The van der Waals surface area contributed by atoms with Crippen molar-refractivity contribution in [2.45, 2.75) is 18.2 Å². The molecule has 2 aromatic rings. The van der Waals surface area contributed by atoms with Crippen LogP contribution in [0.3, 0.4) is 0 Å². The number of thiazole rings is 1. The molecule has 1 saturated heterocycles. The molecule has 1 fully saturated rings. The van der Waals surface area contributed by atoms with Crippen LogP contribution in [0.5, 0.6) is 0 Å². The van der Waals surface area contributed by atoms with E-state index in [2.05, 4.69) is 10.3 Å². The summed E-state index contributed by atoms with van der Waals surface area (Å²) in [6.07, 6.45) is 2.13. The quantitative estimate of drug-likeness (QED) is 0.587. The fraction of sp³-hybridized carbons (Fsp3) is 0.333. The van der Waals surface area contributed by atoms with Gasteiger partial charge in [0.05, 0.1) is 12.5 Å². The minimum atomic E-state index is -0.523.